The lowest BCUT2D eigenvalue weighted by Gasteiger charge is -2.36. The molecule has 1 aromatic heterocycles. The number of nitrogens with zero attached hydrogens (tertiary/aromatic N) is 6. The summed E-state index contributed by atoms with van der Waals surface area (Å²) in [5.41, 5.74) is 0.334. The zero-order chi connectivity index (χ0) is 20.4. The highest BCUT2D eigenvalue weighted by Crippen LogP contribution is 2.22. The number of halogens is 2. The number of hydrogen-bond donors (Lipinski definition) is 0. The van der Waals surface area contributed by atoms with E-state index in [1.807, 2.05) is 6.07 Å². The Morgan fingerprint density at radius 3 is 2.10 bits per heavy atom. The maximum atomic E-state index is 13.2. The lowest BCUT2D eigenvalue weighted by atomic mass is 10.1. The molecule has 0 spiro atoms. The average Bonchev–Trinajstić information content (AvgIpc) is 2.74. The second-order valence-electron chi connectivity index (χ2n) is 7.43. The largest absolute Gasteiger partial charge is 0.354 e. The van der Waals surface area contributed by atoms with E-state index in [1.165, 1.54) is 18.2 Å². The van der Waals surface area contributed by atoms with E-state index in [4.69, 9.17) is 11.6 Å². The Hall–Kier alpha value is -2.45. The Bertz CT molecular complexity index is 881. The number of rotatable bonds is 3. The van der Waals surface area contributed by atoms with Crippen molar-refractivity contribution in [2.24, 2.45) is 0 Å². The van der Waals surface area contributed by atoms with Gasteiger partial charge in [0.1, 0.15) is 23.8 Å². The lowest BCUT2D eigenvalue weighted by Crippen LogP contribution is -2.49. The molecule has 2 aliphatic heterocycles. The van der Waals surface area contributed by atoms with Gasteiger partial charge in [0.25, 0.3) is 5.91 Å². The highest BCUT2D eigenvalue weighted by atomic mass is 35.5. The van der Waals surface area contributed by atoms with E-state index < -0.39 is 5.82 Å². The Kier molecular flexibility index (Phi) is 5.82. The summed E-state index contributed by atoms with van der Waals surface area (Å²) < 4.78 is 13.2. The first-order chi connectivity index (χ1) is 14.0. The summed E-state index contributed by atoms with van der Waals surface area (Å²) >= 11 is 6.05. The molecule has 7 nitrogen and oxygen atoms in total. The van der Waals surface area contributed by atoms with Crippen LogP contribution in [-0.2, 0) is 0 Å². The first-order valence-corrected chi connectivity index (χ1v) is 10.1. The monoisotopic (exact) mass is 418 g/mol. The van der Waals surface area contributed by atoms with E-state index in [0.717, 1.165) is 37.8 Å². The molecule has 0 atom stereocenters. The van der Waals surface area contributed by atoms with E-state index >= 15 is 0 Å². The number of piperazine rings is 2. The van der Waals surface area contributed by atoms with Crippen molar-refractivity contribution in [1.29, 1.82) is 0 Å². The SMILES string of the molecule is CN1CCN(c2cc(N3CCN(C(=O)c4ccc(F)cc4Cl)CC3)ncn2)CC1. The Morgan fingerprint density at radius 1 is 0.931 bits per heavy atom. The molecular weight excluding hydrogens is 395 g/mol. The fourth-order valence-corrected chi connectivity index (χ4v) is 3.94. The van der Waals surface area contributed by atoms with Gasteiger partial charge in [-0.3, -0.25) is 4.79 Å². The fourth-order valence-electron chi connectivity index (χ4n) is 3.69. The minimum Gasteiger partial charge on any atom is -0.354 e. The normalized spacial score (nSPS) is 18.2. The van der Waals surface area contributed by atoms with Crippen molar-refractivity contribution in [2.75, 3.05) is 69.2 Å². The molecule has 1 aromatic carbocycles. The number of carbonyl (C=O) groups excluding carboxylic acids is 1. The zero-order valence-corrected chi connectivity index (χ0v) is 17.1. The minimum absolute atomic E-state index is 0.144. The number of carbonyl (C=O) groups is 1. The third-order valence-electron chi connectivity index (χ3n) is 5.52. The van der Waals surface area contributed by atoms with Gasteiger partial charge < -0.3 is 19.6 Å². The highest BCUT2D eigenvalue weighted by Gasteiger charge is 2.25. The molecule has 9 heteroatoms. The van der Waals surface area contributed by atoms with E-state index in [1.54, 1.807) is 11.2 Å². The summed E-state index contributed by atoms with van der Waals surface area (Å²) in [7, 11) is 2.13. The van der Waals surface area contributed by atoms with Gasteiger partial charge in [-0.2, -0.15) is 0 Å². The molecule has 2 fully saturated rings. The first kappa shape index (κ1) is 19.8. The maximum Gasteiger partial charge on any atom is 0.255 e. The van der Waals surface area contributed by atoms with Crippen molar-refractivity contribution in [3.63, 3.8) is 0 Å². The van der Waals surface area contributed by atoms with Gasteiger partial charge in [-0.05, 0) is 25.2 Å². The molecule has 0 N–H and O–H groups in total. The van der Waals surface area contributed by atoms with E-state index in [0.29, 0.717) is 31.7 Å². The van der Waals surface area contributed by atoms with Crippen LogP contribution in [0.15, 0.2) is 30.6 Å². The number of benzene rings is 1. The second kappa shape index (κ2) is 8.51. The van der Waals surface area contributed by atoms with Crippen LogP contribution in [0.3, 0.4) is 0 Å². The topological polar surface area (TPSA) is 55.8 Å². The first-order valence-electron chi connectivity index (χ1n) is 9.76. The van der Waals surface area contributed by atoms with E-state index in [-0.39, 0.29) is 10.9 Å². The summed E-state index contributed by atoms with van der Waals surface area (Å²) in [6, 6.07) is 5.90. The van der Waals surface area contributed by atoms with Crippen molar-refractivity contribution in [1.82, 2.24) is 19.8 Å². The van der Waals surface area contributed by atoms with Gasteiger partial charge in [-0.15, -0.1) is 0 Å². The van der Waals surface area contributed by atoms with Crippen LogP contribution in [0.25, 0.3) is 0 Å². The third kappa shape index (κ3) is 4.43. The standard InChI is InChI=1S/C20H24ClFN6O/c1-25-4-6-26(7-5-25)18-13-19(24-14-23-18)27-8-10-28(11-9-27)20(29)16-3-2-15(22)12-17(16)21/h2-3,12-14H,4-11H2,1H3. The molecule has 0 unspecified atom stereocenters. The van der Waals surface area contributed by atoms with Crippen LogP contribution >= 0.6 is 11.6 Å². The number of aromatic nitrogens is 2. The maximum absolute atomic E-state index is 13.2. The number of hydrogen-bond acceptors (Lipinski definition) is 6. The van der Waals surface area contributed by atoms with Crippen LogP contribution in [0, 0.1) is 5.82 Å². The van der Waals surface area contributed by atoms with Crippen LogP contribution in [0.2, 0.25) is 5.02 Å². The predicted octanol–water partition coefficient (Wildman–Crippen LogP) is 1.98. The fraction of sp³-hybridized carbons (Fsp3) is 0.450. The number of amides is 1. The van der Waals surface area contributed by atoms with Gasteiger partial charge in [0.15, 0.2) is 0 Å². The molecule has 4 rings (SSSR count). The molecule has 0 aliphatic carbocycles. The molecule has 1 amide bonds. The van der Waals surface area contributed by atoms with Gasteiger partial charge >= 0.3 is 0 Å². The van der Waals surface area contributed by atoms with Gasteiger partial charge in [0.05, 0.1) is 10.6 Å². The van der Waals surface area contributed by atoms with Crippen LogP contribution in [0.4, 0.5) is 16.0 Å². The molecule has 2 aliphatic rings. The summed E-state index contributed by atoms with van der Waals surface area (Å²) in [5, 5.41) is 0.144. The van der Waals surface area contributed by atoms with Crippen molar-refractivity contribution >= 4 is 29.1 Å². The molecule has 29 heavy (non-hydrogen) atoms. The van der Waals surface area contributed by atoms with Gasteiger partial charge in [0.2, 0.25) is 0 Å². The minimum atomic E-state index is -0.448. The highest BCUT2D eigenvalue weighted by molar-refractivity contribution is 6.33. The molecule has 154 valence electrons. The molecule has 2 aromatic rings. The third-order valence-corrected chi connectivity index (χ3v) is 5.83. The van der Waals surface area contributed by atoms with Crippen LogP contribution in [0.1, 0.15) is 10.4 Å². The smallest absolute Gasteiger partial charge is 0.255 e. The van der Waals surface area contributed by atoms with Crippen LogP contribution < -0.4 is 9.80 Å². The average molecular weight is 419 g/mol. The van der Waals surface area contributed by atoms with Crippen molar-refractivity contribution in [2.45, 2.75) is 0 Å². The number of likely N-dealkylation sites (N-methyl/N-ethyl adjacent to an activating group) is 1. The lowest BCUT2D eigenvalue weighted by molar-refractivity contribution is 0.0746. The number of anilines is 2. The van der Waals surface area contributed by atoms with Crippen molar-refractivity contribution in [3.8, 4) is 0 Å². The van der Waals surface area contributed by atoms with E-state index in [9.17, 15) is 9.18 Å². The quantitative estimate of drug-likeness (QED) is 0.759. The van der Waals surface area contributed by atoms with Gasteiger partial charge in [-0.25, -0.2) is 14.4 Å². The summed E-state index contributed by atoms with van der Waals surface area (Å²) in [6.07, 6.45) is 1.61. The molecule has 3 heterocycles. The van der Waals surface area contributed by atoms with E-state index in [2.05, 4.69) is 31.7 Å². The molecule has 0 bridgehead atoms. The molecule has 2 saturated heterocycles. The van der Waals surface area contributed by atoms with Crippen molar-refractivity contribution < 1.29 is 9.18 Å². The summed E-state index contributed by atoms with van der Waals surface area (Å²) in [6.45, 7) is 6.40. The second-order valence-corrected chi connectivity index (χ2v) is 7.84. The Labute approximate surface area is 174 Å². The van der Waals surface area contributed by atoms with Gasteiger partial charge in [-0.1, -0.05) is 11.6 Å². The summed E-state index contributed by atoms with van der Waals surface area (Å²) in [5.74, 6) is 1.20. The predicted molar refractivity (Wildman–Crippen MR) is 111 cm³/mol. The summed E-state index contributed by atoms with van der Waals surface area (Å²) in [4.78, 5) is 30.1. The van der Waals surface area contributed by atoms with Crippen molar-refractivity contribution in [3.05, 3.63) is 47.0 Å². The Morgan fingerprint density at radius 2 is 1.52 bits per heavy atom. The zero-order valence-electron chi connectivity index (χ0n) is 16.4. The molecule has 0 radical (unpaired) electrons. The molecular formula is C20H24ClFN6O. The van der Waals surface area contributed by atoms with Gasteiger partial charge in [0, 0.05) is 58.4 Å². The van der Waals surface area contributed by atoms with Crippen LogP contribution in [0.5, 0.6) is 0 Å². The Balaban J connectivity index is 1.39. The molecule has 0 saturated carbocycles. The van der Waals surface area contributed by atoms with Crippen LogP contribution in [-0.4, -0.2) is 85.1 Å².